The SMILES string of the molecule is CCSc1ccccc1C(=O)Nc1ccc(S(=O)(=O)N2CCCCC2)cc1. The van der Waals surface area contributed by atoms with Crippen molar-refractivity contribution in [2.24, 2.45) is 0 Å². The van der Waals surface area contributed by atoms with Gasteiger partial charge in [-0.15, -0.1) is 11.8 Å². The first-order valence-electron chi connectivity index (χ1n) is 9.16. The van der Waals surface area contributed by atoms with Gasteiger partial charge in [-0.1, -0.05) is 25.5 Å². The summed E-state index contributed by atoms with van der Waals surface area (Å²) in [4.78, 5) is 13.8. The van der Waals surface area contributed by atoms with Crippen LogP contribution in [0.15, 0.2) is 58.3 Å². The lowest BCUT2D eigenvalue weighted by Crippen LogP contribution is -2.35. The van der Waals surface area contributed by atoms with E-state index in [4.69, 9.17) is 0 Å². The van der Waals surface area contributed by atoms with Gasteiger partial charge in [0, 0.05) is 23.7 Å². The largest absolute Gasteiger partial charge is 0.322 e. The van der Waals surface area contributed by atoms with Crippen LogP contribution in [0.2, 0.25) is 0 Å². The number of hydrogen-bond acceptors (Lipinski definition) is 4. The Labute approximate surface area is 165 Å². The van der Waals surface area contributed by atoms with Crippen LogP contribution in [0.25, 0.3) is 0 Å². The molecule has 0 spiro atoms. The number of piperidine rings is 1. The van der Waals surface area contributed by atoms with Gasteiger partial charge >= 0.3 is 0 Å². The van der Waals surface area contributed by atoms with Crippen molar-refractivity contribution in [1.82, 2.24) is 4.31 Å². The molecule has 0 aliphatic carbocycles. The van der Waals surface area contributed by atoms with Gasteiger partial charge in [-0.25, -0.2) is 8.42 Å². The number of carbonyl (C=O) groups excluding carboxylic acids is 1. The molecule has 27 heavy (non-hydrogen) atoms. The number of benzene rings is 2. The van der Waals surface area contributed by atoms with Gasteiger partial charge in [-0.3, -0.25) is 4.79 Å². The third-order valence-corrected chi connectivity index (χ3v) is 7.37. The van der Waals surface area contributed by atoms with E-state index in [0.717, 1.165) is 29.9 Å². The van der Waals surface area contributed by atoms with E-state index < -0.39 is 10.0 Å². The first kappa shape index (κ1) is 19.9. The molecule has 0 saturated carbocycles. The maximum atomic E-state index is 12.7. The molecule has 7 heteroatoms. The fraction of sp³-hybridized carbons (Fsp3) is 0.350. The molecular formula is C20H24N2O3S2. The lowest BCUT2D eigenvalue weighted by molar-refractivity contribution is 0.102. The monoisotopic (exact) mass is 404 g/mol. The number of nitrogens with one attached hydrogen (secondary N) is 1. The zero-order valence-electron chi connectivity index (χ0n) is 15.3. The molecule has 0 bridgehead atoms. The number of anilines is 1. The molecule has 1 heterocycles. The molecule has 144 valence electrons. The molecule has 1 aliphatic heterocycles. The Balaban J connectivity index is 1.73. The van der Waals surface area contributed by atoms with E-state index >= 15 is 0 Å². The number of thioether (sulfide) groups is 1. The number of amides is 1. The van der Waals surface area contributed by atoms with Crippen LogP contribution in [0, 0.1) is 0 Å². The molecule has 2 aromatic carbocycles. The molecule has 0 atom stereocenters. The van der Waals surface area contributed by atoms with Gasteiger partial charge in [0.1, 0.15) is 0 Å². The average Bonchev–Trinajstić information content (AvgIpc) is 2.70. The van der Waals surface area contributed by atoms with Crippen LogP contribution in [0.5, 0.6) is 0 Å². The lowest BCUT2D eigenvalue weighted by atomic mass is 10.2. The van der Waals surface area contributed by atoms with Gasteiger partial charge in [0.2, 0.25) is 10.0 Å². The van der Waals surface area contributed by atoms with Crippen LogP contribution < -0.4 is 5.32 Å². The van der Waals surface area contributed by atoms with Crippen molar-refractivity contribution in [3.63, 3.8) is 0 Å². The van der Waals surface area contributed by atoms with Gasteiger partial charge in [-0.05, 0) is 55.0 Å². The van der Waals surface area contributed by atoms with E-state index in [1.54, 1.807) is 46.4 Å². The maximum absolute atomic E-state index is 12.7. The predicted octanol–water partition coefficient (Wildman–Crippen LogP) is 4.23. The van der Waals surface area contributed by atoms with Crippen molar-refractivity contribution in [2.75, 3.05) is 24.2 Å². The maximum Gasteiger partial charge on any atom is 0.256 e. The minimum absolute atomic E-state index is 0.196. The van der Waals surface area contributed by atoms with Crippen molar-refractivity contribution in [3.8, 4) is 0 Å². The van der Waals surface area contributed by atoms with E-state index in [2.05, 4.69) is 5.32 Å². The zero-order valence-corrected chi connectivity index (χ0v) is 17.0. The van der Waals surface area contributed by atoms with Gasteiger partial charge < -0.3 is 5.32 Å². The second-order valence-corrected chi connectivity index (χ2v) is 9.62. The highest BCUT2D eigenvalue weighted by Crippen LogP contribution is 2.25. The normalized spacial score (nSPS) is 15.4. The summed E-state index contributed by atoms with van der Waals surface area (Å²) in [5, 5.41) is 2.85. The molecule has 3 rings (SSSR count). The summed E-state index contributed by atoms with van der Waals surface area (Å²) in [6, 6.07) is 13.9. The Morgan fingerprint density at radius 2 is 1.70 bits per heavy atom. The Kier molecular flexibility index (Phi) is 6.57. The molecule has 1 amide bonds. The third-order valence-electron chi connectivity index (χ3n) is 4.50. The molecule has 2 aromatic rings. The molecular weight excluding hydrogens is 380 g/mol. The first-order chi connectivity index (χ1) is 13.0. The molecule has 1 N–H and O–H groups in total. The molecule has 1 aliphatic rings. The van der Waals surface area contributed by atoms with E-state index in [0.29, 0.717) is 24.3 Å². The second-order valence-electron chi connectivity index (χ2n) is 6.37. The highest BCUT2D eigenvalue weighted by molar-refractivity contribution is 7.99. The Morgan fingerprint density at radius 1 is 1.04 bits per heavy atom. The highest BCUT2D eigenvalue weighted by Gasteiger charge is 2.25. The van der Waals surface area contributed by atoms with Gasteiger partial charge in [-0.2, -0.15) is 4.31 Å². The molecule has 1 fully saturated rings. The lowest BCUT2D eigenvalue weighted by Gasteiger charge is -2.25. The second kappa shape index (κ2) is 8.91. The first-order valence-corrected chi connectivity index (χ1v) is 11.6. The standard InChI is InChI=1S/C20H24N2O3S2/c1-2-26-19-9-5-4-8-18(19)20(23)21-16-10-12-17(13-11-16)27(24,25)22-14-6-3-7-15-22/h4-5,8-13H,2-3,6-7,14-15H2,1H3,(H,21,23). The summed E-state index contributed by atoms with van der Waals surface area (Å²) in [6.07, 6.45) is 2.89. The van der Waals surface area contributed by atoms with Crippen molar-refractivity contribution in [2.45, 2.75) is 36.0 Å². The summed E-state index contributed by atoms with van der Waals surface area (Å²) >= 11 is 1.62. The van der Waals surface area contributed by atoms with Crippen LogP contribution in [-0.4, -0.2) is 37.5 Å². The smallest absolute Gasteiger partial charge is 0.256 e. The van der Waals surface area contributed by atoms with Crippen LogP contribution in [0.4, 0.5) is 5.69 Å². The third kappa shape index (κ3) is 4.72. The minimum Gasteiger partial charge on any atom is -0.322 e. The quantitative estimate of drug-likeness (QED) is 0.732. The van der Waals surface area contributed by atoms with E-state index in [1.807, 2.05) is 25.1 Å². The summed E-state index contributed by atoms with van der Waals surface area (Å²) < 4.78 is 26.9. The molecule has 0 unspecified atom stereocenters. The fourth-order valence-electron chi connectivity index (χ4n) is 3.10. The van der Waals surface area contributed by atoms with Crippen molar-refractivity contribution in [1.29, 1.82) is 0 Å². The van der Waals surface area contributed by atoms with Crippen LogP contribution in [-0.2, 0) is 10.0 Å². The Morgan fingerprint density at radius 3 is 2.37 bits per heavy atom. The van der Waals surface area contributed by atoms with Crippen molar-refractivity contribution < 1.29 is 13.2 Å². The van der Waals surface area contributed by atoms with E-state index in [9.17, 15) is 13.2 Å². The number of carbonyl (C=O) groups is 1. The Hall–Kier alpha value is -1.83. The van der Waals surface area contributed by atoms with Gasteiger partial charge in [0.05, 0.1) is 10.5 Å². The van der Waals surface area contributed by atoms with Crippen LogP contribution in [0.3, 0.4) is 0 Å². The summed E-state index contributed by atoms with van der Waals surface area (Å²) in [6.45, 7) is 3.19. The number of sulfonamides is 1. The van der Waals surface area contributed by atoms with Gasteiger partial charge in [0.25, 0.3) is 5.91 Å². The molecule has 0 radical (unpaired) electrons. The minimum atomic E-state index is -3.46. The molecule has 5 nitrogen and oxygen atoms in total. The Bertz CT molecular complexity index is 890. The average molecular weight is 405 g/mol. The molecule has 1 saturated heterocycles. The molecule has 0 aromatic heterocycles. The van der Waals surface area contributed by atoms with Crippen molar-refractivity contribution >= 4 is 33.4 Å². The highest BCUT2D eigenvalue weighted by atomic mass is 32.2. The summed E-state index contributed by atoms with van der Waals surface area (Å²) in [5.41, 5.74) is 1.20. The zero-order chi connectivity index (χ0) is 19.3. The van der Waals surface area contributed by atoms with E-state index in [1.165, 1.54) is 0 Å². The van der Waals surface area contributed by atoms with E-state index in [-0.39, 0.29) is 10.8 Å². The summed E-state index contributed by atoms with van der Waals surface area (Å²) in [7, 11) is -3.46. The topological polar surface area (TPSA) is 66.5 Å². The van der Waals surface area contributed by atoms with Crippen LogP contribution >= 0.6 is 11.8 Å². The summed E-state index contributed by atoms with van der Waals surface area (Å²) in [5.74, 6) is 0.686. The predicted molar refractivity (Wildman–Crippen MR) is 110 cm³/mol. The fourth-order valence-corrected chi connectivity index (χ4v) is 5.42. The number of nitrogens with zero attached hydrogens (tertiary/aromatic N) is 1. The number of hydrogen-bond donors (Lipinski definition) is 1. The van der Waals surface area contributed by atoms with Crippen molar-refractivity contribution in [3.05, 3.63) is 54.1 Å². The van der Waals surface area contributed by atoms with Crippen LogP contribution in [0.1, 0.15) is 36.5 Å². The van der Waals surface area contributed by atoms with Gasteiger partial charge in [0.15, 0.2) is 0 Å². The number of rotatable bonds is 6.